The first-order valence-corrected chi connectivity index (χ1v) is 9.28. The second-order valence-corrected chi connectivity index (χ2v) is 7.62. The number of carbonyl (C=O) groups excluding carboxylic acids is 1. The Morgan fingerprint density at radius 2 is 1.75 bits per heavy atom. The van der Waals surface area contributed by atoms with Crippen LogP contribution in [0.5, 0.6) is 0 Å². The zero-order chi connectivity index (χ0) is 20.1. The van der Waals surface area contributed by atoms with Gasteiger partial charge in [-0.15, -0.1) is 0 Å². The molecule has 1 heterocycles. The summed E-state index contributed by atoms with van der Waals surface area (Å²) in [5.74, 6) is 5.72. The van der Waals surface area contributed by atoms with Crippen LogP contribution in [0.3, 0.4) is 0 Å². The fourth-order valence-corrected chi connectivity index (χ4v) is 3.00. The second-order valence-electron chi connectivity index (χ2n) is 7.62. The Hall–Kier alpha value is -2.81. The Balaban J connectivity index is 1.86. The molecule has 5 heteroatoms. The highest BCUT2D eigenvalue weighted by molar-refractivity contribution is 5.69. The molecule has 1 aliphatic rings. The number of amides is 1. The van der Waals surface area contributed by atoms with Crippen LogP contribution in [0.4, 0.5) is 4.79 Å². The molecule has 1 amide bonds. The molecule has 0 radical (unpaired) electrons. The number of nitrogens with zero attached hydrogens (tertiary/aromatic N) is 1. The standard InChI is InChI=1S/C23H25NO4/c1-23(2,3)28-22(26)24-19(18-12-8-5-9-13-18)16-27-21(24)20(25)15-14-17-10-6-4-7-11-17/h4-13,19-21,25H,16H2,1-3H3/t19-,20-,21+/m0/s1. The summed E-state index contributed by atoms with van der Waals surface area (Å²) in [6.07, 6.45) is -2.61. The number of benzene rings is 2. The van der Waals surface area contributed by atoms with Crippen molar-refractivity contribution in [1.82, 2.24) is 4.90 Å². The number of aliphatic hydroxyl groups excluding tert-OH is 1. The van der Waals surface area contributed by atoms with Crippen molar-refractivity contribution in [2.24, 2.45) is 0 Å². The minimum absolute atomic E-state index is 0.262. The van der Waals surface area contributed by atoms with E-state index in [1.54, 1.807) is 20.8 Å². The van der Waals surface area contributed by atoms with Crippen molar-refractivity contribution in [1.29, 1.82) is 0 Å². The highest BCUT2D eigenvalue weighted by Crippen LogP contribution is 2.33. The third-order valence-electron chi connectivity index (χ3n) is 4.23. The van der Waals surface area contributed by atoms with Crippen molar-refractivity contribution >= 4 is 6.09 Å². The van der Waals surface area contributed by atoms with Crippen molar-refractivity contribution in [3.05, 3.63) is 71.8 Å². The van der Waals surface area contributed by atoms with E-state index in [0.717, 1.165) is 11.1 Å². The largest absolute Gasteiger partial charge is 0.444 e. The number of hydrogen-bond acceptors (Lipinski definition) is 4. The maximum atomic E-state index is 12.9. The first-order chi connectivity index (χ1) is 13.3. The van der Waals surface area contributed by atoms with Gasteiger partial charge in [0.25, 0.3) is 0 Å². The molecule has 2 aromatic rings. The summed E-state index contributed by atoms with van der Waals surface area (Å²) in [4.78, 5) is 14.3. The van der Waals surface area contributed by atoms with Gasteiger partial charge in [-0.3, -0.25) is 4.90 Å². The lowest BCUT2D eigenvalue weighted by atomic mass is 10.1. The molecule has 0 spiro atoms. The number of ether oxygens (including phenoxy) is 2. The predicted molar refractivity (Wildman–Crippen MR) is 106 cm³/mol. The topological polar surface area (TPSA) is 59.0 Å². The van der Waals surface area contributed by atoms with Crippen molar-refractivity contribution < 1.29 is 19.4 Å². The van der Waals surface area contributed by atoms with E-state index in [4.69, 9.17) is 9.47 Å². The van der Waals surface area contributed by atoms with E-state index in [0.29, 0.717) is 0 Å². The van der Waals surface area contributed by atoms with Gasteiger partial charge >= 0.3 is 6.09 Å². The minimum atomic E-state index is -1.17. The van der Waals surface area contributed by atoms with Gasteiger partial charge in [0.2, 0.25) is 0 Å². The third kappa shape index (κ3) is 4.92. The van der Waals surface area contributed by atoms with E-state index in [2.05, 4.69) is 11.8 Å². The van der Waals surface area contributed by atoms with Gasteiger partial charge in [-0.05, 0) is 38.5 Å². The molecule has 1 saturated heterocycles. The molecule has 0 aliphatic carbocycles. The highest BCUT2D eigenvalue weighted by Gasteiger charge is 2.44. The molecule has 2 aromatic carbocycles. The molecular formula is C23H25NO4. The molecule has 28 heavy (non-hydrogen) atoms. The minimum Gasteiger partial charge on any atom is -0.444 e. The Labute approximate surface area is 165 Å². The predicted octanol–water partition coefficient (Wildman–Crippen LogP) is 3.73. The maximum Gasteiger partial charge on any atom is 0.413 e. The lowest BCUT2D eigenvalue weighted by Crippen LogP contribution is -2.46. The molecule has 3 rings (SSSR count). The molecule has 1 fully saturated rings. The fraction of sp³-hybridized carbons (Fsp3) is 0.348. The van der Waals surface area contributed by atoms with Crippen LogP contribution < -0.4 is 0 Å². The number of carbonyl (C=O) groups is 1. The van der Waals surface area contributed by atoms with Gasteiger partial charge < -0.3 is 14.6 Å². The van der Waals surface area contributed by atoms with Gasteiger partial charge in [0.15, 0.2) is 12.3 Å². The zero-order valence-corrected chi connectivity index (χ0v) is 16.3. The van der Waals surface area contributed by atoms with Crippen molar-refractivity contribution in [2.75, 3.05) is 6.61 Å². The van der Waals surface area contributed by atoms with Crippen molar-refractivity contribution in [2.45, 2.75) is 44.7 Å². The van der Waals surface area contributed by atoms with Gasteiger partial charge in [-0.25, -0.2) is 4.79 Å². The van der Waals surface area contributed by atoms with E-state index in [9.17, 15) is 9.90 Å². The van der Waals surface area contributed by atoms with Gasteiger partial charge in [0.1, 0.15) is 5.60 Å². The summed E-state index contributed by atoms with van der Waals surface area (Å²) in [6, 6.07) is 18.6. The summed E-state index contributed by atoms with van der Waals surface area (Å²) < 4.78 is 11.4. The molecule has 3 atom stereocenters. The third-order valence-corrected chi connectivity index (χ3v) is 4.23. The summed E-state index contributed by atoms with van der Waals surface area (Å²) in [7, 11) is 0. The zero-order valence-electron chi connectivity index (χ0n) is 16.3. The molecule has 1 aliphatic heterocycles. The highest BCUT2D eigenvalue weighted by atomic mass is 16.6. The monoisotopic (exact) mass is 379 g/mol. The van der Waals surface area contributed by atoms with Gasteiger partial charge in [-0.2, -0.15) is 0 Å². The van der Waals surface area contributed by atoms with E-state index >= 15 is 0 Å². The van der Waals surface area contributed by atoms with E-state index in [1.165, 1.54) is 4.90 Å². The van der Waals surface area contributed by atoms with Gasteiger partial charge in [0.05, 0.1) is 12.6 Å². The molecule has 146 valence electrons. The van der Waals surface area contributed by atoms with Crippen LogP contribution in [0, 0.1) is 11.8 Å². The van der Waals surface area contributed by atoms with Crippen LogP contribution >= 0.6 is 0 Å². The number of aliphatic hydroxyl groups is 1. The van der Waals surface area contributed by atoms with Gasteiger partial charge in [0, 0.05) is 5.56 Å². The summed E-state index contributed by atoms with van der Waals surface area (Å²) in [5, 5.41) is 10.6. The molecular weight excluding hydrogens is 354 g/mol. The Morgan fingerprint density at radius 3 is 2.36 bits per heavy atom. The Morgan fingerprint density at radius 1 is 1.14 bits per heavy atom. The molecule has 0 aromatic heterocycles. The SMILES string of the molecule is CC(C)(C)OC(=O)N1[C@@H]([C@@H](O)C#Cc2ccccc2)OC[C@H]1c1ccccc1. The molecule has 0 bridgehead atoms. The van der Waals surface area contributed by atoms with Gasteiger partial charge in [-0.1, -0.05) is 60.4 Å². The summed E-state index contributed by atoms with van der Waals surface area (Å²) in [6.45, 7) is 5.68. The van der Waals surface area contributed by atoms with E-state index < -0.39 is 24.0 Å². The molecule has 0 saturated carbocycles. The Kier molecular flexibility index (Phi) is 6.03. The first-order valence-electron chi connectivity index (χ1n) is 9.28. The van der Waals surface area contributed by atoms with E-state index in [1.807, 2.05) is 60.7 Å². The molecule has 5 nitrogen and oxygen atoms in total. The average molecular weight is 379 g/mol. The number of hydrogen-bond donors (Lipinski definition) is 1. The normalized spacial score (nSPS) is 20.2. The first kappa shape index (κ1) is 19.9. The fourth-order valence-electron chi connectivity index (χ4n) is 3.00. The van der Waals surface area contributed by atoms with Crippen molar-refractivity contribution in [3.8, 4) is 11.8 Å². The summed E-state index contributed by atoms with van der Waals surface area (Å²) >= 11 is 0. The van der Waals surface area contributed by atoms with E-state index in [-0.39, 0.29) is 12.6 Å². The maximum absolute atomic E-state index is 12.9. The van der Waals surface area contributed by atoms with Crippen molar-refractivity contribution in [3.63, 3.8) is 0 Å². The molecule has 0 unspecified atom stereocenters. The van der Waals surface area contributed by atoms with Crippen LogP contribution in [0.2, 0.25) is 0 Å². The smallest absolute Gasteiger partial charge is 0.413 e. The lowest BCUT2D eigenvalue weighted by Gasteiger charge is -2.31. The lowest BCUT2D eigenvalue weighted by molar-refractivity contribution is -0.0520. The average Bonchev–Trinajstić information content (AvgIpc) is 3.12. The molecule has 1 N–H and O–H groups in total. The van der Waals surface area contributed by atoms with Crippen LogP contribution in [-0.2, 0) is 9.47 Å². The quantitative estimate of drug-likeness (QED) is 0.808. The van der Waals surface area contributed by atoms with Crippen LogP contribution in [0.25, 0.3) is 0 Å². The van der Waals surface area contributed by atoms with Crippen LogP contribution in [0.15, 0.2) is 60.7 Å². The van der Waals surface area contributed by atoms with Crippen LogP contribution in [0.1, 0.15) is 37.9 Å². The Bertz CT molecular complexity index is 849. The number of rotatable bonds is 2. The van der Waals surface area contributed by atoms with Crippen LogP contribution in [-0.4, -0.2) is 40.6 Å². The second kappa shape index (κ2) is 8.47. The summed E-state index contributed by atoms with van der Waals surface area (Å²) in [5.41, 5.74) is 1.04.